The van der Waals surface area contributed by atoms with Crippen LogP contribution < -0.4 is 5.73 Å². The van der Waals surface area contributed by atoms with E-state index in [0.29, 0.717) is 5.92 Å². The lowest BCUT2D eigenvalue weighted by Gasteiger charge is -2.27. The zero-order chi connectivity index (χ0) is 13.7. The number of aromatic nitrogens is 2. The lowest BCUT2D eigenvalue weighted by molar-refractivity contribution is 0.453. The third-order valence-electron chi connectivity index (χ3n) is 5.42. The number of hydrogen-bond donors (Lipinski definition) is 1. The number of imidazole rings is 1. The van der Waals surface area contributed by atoms with E-state index in [0.717, 1.165) is 12.1 Å². The van der Waals surface area contributed by atoms with Crippen molar-refractivity contribution in [3.63, 3.8) is 0 Å². The van der Waals surface area contributed by atoms with Crippen LogP contribution in [0.4, 0.5) is 0 Å². The lowest BCUT2D eigenvalue weighted by Crippen LogP contribution is -2.31. The highest BCUT2D eigenvalue weighted by Crippen LogP contribution is 2.43. The molecule has 0 radical (unpaired) electrons. The molecule has 3 heteroatoms. The first-order chi connectivity index (χ1) is 9.73. The van der Waals surface area contributed by atoms with Gasteiger partial charge in [0, 0.05) is 24.9 Å². The number of nitrogens with two attached hydrogens (primary N) is 1. The Morgan fingerprint density at radius 3 is 2.70 bits per heavy atom. The summed E-state index contributed by atoms with van der Waals surface area (Å²) in [5.41, 5.74) is 10.2. The Kier molecular flexibility index (Phi) is 2.68. The molecule has 3 nitrogen and oxygen atoms in total. The first-order valence-corrected chi connectivity index (χ1v) is 7.90. The zero-order valence-electron chi connectivity index (χ0n) is 12.2. The number of fused-ring (bicyclic) bond motifs is 1. The van der Waals surface area contributed by atoms with Crippen LogP contribution in [0.1, 0.15) is 55.8 Å². The predicted octanol–water partition coefficient (Wildman–Crippen LogP) is 3.22. The second-order valence-corrected chi connectivity index (χ2v) is 6.70. The Hall–Kier alpha value is -1.35. The predicted molar refractivity (Wildman–Crippen MR) is 81.9 cm³/mol. The molecular formula is C17H23N3. The first kappa shape index (κ1) is 12.4. The fraction of sp³-hybridized carbons (Fsp3) is 0.588. The molecule has 2 aromatic rings. The van der Waals surface area contributed by atoms with E-state index < -0.39 is 0 Å². The normalized spacial score (nSPS) is 21.7. The van der Waals surface area contributed by atoms with Crippen molar-refractivity contribution in [3.8, 4) is 0 Å². The number of nitrogens with zero attached hydrogens (tertiary/aromatic N) is 2. The van der Waals surface area contributed by atoms with E-state index in [9.17, 15) is 0 Å². The molecule has 2 aliphatic rings. The molecule has 1 heterocycles. The van der Waals surface area contributed by atoms with Gasteiger partial charge in [0.1, 0.15) is 5.82 Å². The third kappa shape index (κ3) is 1.72. The molecule has 0 unspecified atom stereocenters. The molecule has 4 rings (SSSR count). The Bertz CT molecular complexity index is 646. The first-order valence-electron chi connectivity index (χ1n) is 7.90. The van der Waals surface area contributed by atoms with Crippen molar-refractivity contribution >= 4 is 11.0 Å². The molecule has 0 atom stereocenters. The van der Waals surface area contributed by atoms with Crippen molar-refractivity contribution < 1.29 is 0 Å². The van der Waals surface area contributed by atoms with Crippen molar-refractivity contribution in [2.75, 3.05) is 6.54 Å². The van der Waals surface area contributed by atoms with E-state index >= 15 is 0 Å². The molecule has 20 heavy (non-hydrogen) atoms. The quantitative estimate of drug-likeness (QED) is 0.929. The van der Waals surface area contributed by atoms with Gasteiger partial charge in [0.05, 0.1) is 11.0 Å². The van der Waals surface area contributed by atoms with Gasteiger partial charge >= 0.3 is 0 Å². The minimum absolute atomic E-state index is 0.214. The maximum Gasteiger partial charge on any atom is 0.112 e. The summed E-state index contributed by atoms with van der Waals surface area (Å²) >= 11 is 0. The number of rotatable bonds is 3. The van der Waals surface area contributed by atoms with Crippen molar-refractivity contribution in [1.82, 2.24) is 9.55 Å². The summed E-state index contributed by atoms with van der Waals surface area (Å²) in [6.07, 6.45) is 7.69. The Morgan fingerprint density at radius 1 is 1.30 bits per heavy atom. The van der Waals surface area contributed by atoms with Crippen molar-refractivity contribution in [1.29, 1.82) is 0 Å². The average molecular weight is 269 g/mol. The molecule has 1 aromatic heterocycles. The minimum atomic E-state index is 0.214. The van der Waals surface area contributed by atoms with E-state index in [1.165, 1.54) is 55.4 Å². The van der Waals surface area contributed by atoms with Crippen LogP contribution in [0.2, 0.25) is 0 Å². The molecular weight excluding hydrogens is 246 g/mol. The SMILES string of the molecule is Cn1c(C2CC2)nc2cc(C3(CN)CCCC3)ccc21. The van der Waals surface area contributed by atoms with Gasteiger partial charge < -0.3 is 10.3 Å². The average Bonchev–Trinajstić information content (AvgIpc) is 3.10. The van der Waals surface area contributed by atoms with Crippen LogP contribution in [-0.2, 0) is 12.5 Å². The number of aryl methyl sites for hydroxylation is 1. The van der Waals surface area contributed by atoms with Gasteiger partial charge in [-0.3, -0.25) is 0 Å². The number of hydrogen-bond acceptors (Lipinski definition) is 2. The van der Waals surface area contributed by atoms with Crippen LogP contribution >= 0.6 is 0 Å². The molecule has 0 saturated heterocycles. The van der Waals surface area contributed by atoms with E-state index in [2.05, 4.69) is 29.8 Å². The van der Waals surface area contributed by atoms with Crippen LogP contribution in [0.15, 0.2) is 18.2 Å². The molecule has 2 aliphatic carbocycles. The highest BCUT2D eigenvalue weighted by atomic mass is 15.1. The fourth-order valence-corrected chi connectivity index (χ4v) is 3.92. The Labute approximate surface area is 120 Å². The topological polar surface area (TPSA) is 43.8 Å². The summed E-state index contributed by atoms with van der Waals surface area (Å²) in [5.74, 6) is 1.97. The molecule has 0 spiro atoms. The zero-order valence-corrected chi connectivity index (χ0v) is 12.2. The van der Waals surface area contributed by atoms with Crippen LogP contribution in [0.25, 0.3) is 11.0 Å². The standard InChI is InChI=1S/C17H23N3/c1-20-15-7-6-13(17(11-18)8-2-3-9-17)10-14(15)19-16(20)12-4-5-12/h6-7,10,12H,2-5,8-9,11,18H2,1H3. The van der Waals surface area contributed by atoms with Gasteiger partial charge in [-0.2, -0.15) is 0 Å². The monoisotopic (exact) mass is 269 g/mol. The Balaban J connectivity index is 1.82. The van der Waals surface area contributed by atoms with Gasteiger partial charge in [-0.15, -0.1) is 0 Å². The smallest absolute Gasteiger partial charge is 0.112 e. The van der Waals surface area contributed by atoms with Crippen molar-refractivity contribution in [2.45, 2.75) is 49.9 Å². The molecule has 0 aliphatic heterocycles. The van der Waals surface area contributed by atoms with Crippen molar-refractivity contribution in [2.24, 2.45) is 12.8 Å². The van der Waals surface area contributed by atoms with Gasteiger partial charge in [0.25, 0.3) is 0 Å². The minimum Gasteiger partial charge on any atom is -0.331 e. The van der Waals surface area contributed by atoms with E-state index in [4.69, 9.17) is 10.7 Å². The van der Waals surface area contributed by atoms with Gasteiger partial charge in [-0.1, -0.05) is 18.9 Å². The summed E-state index contributed by atoms with van der Waals surface area (Å²) in [6, 6.07) is 6.84. The van der Waals surface area contributed by atoms with Crippen molar-refractivity contribution in [3.05, 3.63) is 29.6 Å². The molecule has 1 aromatic carbocycles. The van der Waals surface area contributed by atoms with Gasteiger partial charge in [0.15, 0.2) is 0 Å². The van der Waals surface area contributed by atoms with Crippen LogP contribution in [0.5, 0.6) is 0 Å². The van der Waals surface area contributed by atoms with Crippen LogP contribution in [0.3, 0.4) is 0 Å². The molecule has 2 fully saturated rings. The fourth-order valence-electron chi connectivity index (χ4n) is 3.92. The molecule has 2 N–H and O–H groups in total. The van der Waals surface area contributed by atoms with E-state index in [-0.39, 0.29) is 5.41 Å². The third-order valence-corrected chi connectivity index (χ3v) is 5.42. The summed E-state index contributed by atoms with van der Waals surface area (Å²) in [7, 11) is 2.15. The highest BCUT2D eigenvalue weighted by Gasteiger charge is 2.35. The molecule has 0 bridgehead atoms. The lowest BCUT2D eigenvalue weighted by atomic mass is 9.79. The second-order valence-electron chi connectivity index (χ2n) is 6.70. The van der Waals surface area contributed by atoms with E-state index in [1.807, 2.05) is 0 Å². The summed E-state index contributed by atoms with van der Waals surface area (Å²) in [4.78, 5) is 4.89. The Morgan fingerprint density at radius 2 is 2.05 bits per heavy atom. The summed E-state index contributed by atoms with van der Waals surface area (Å²) < 4.78 is 2.28. The van der Waals surface area contributed by atoms with Gasteiger partial charge in [-0.25, -0.2) is 4.98 Å². The van der Waals surface area contributed by atoms with Crippen LogP contribution in [-0.4, -0.2) is 16.1 Å². The van der Waals surface area contributed by atoms with Gasteiger partial charge in [-0.05, 0) is 43.4 Å². The largest absolute Gasteiger partial charge is 0.331 e. The highest BCUT2D eigenvalue weighted by molar-refractivity contribution is 5.77. The maximum atomic E-state index is 6.11. The van der Waals surface area contributed by atoms with Gasteiger partial charge in [0.2, 0.25) is 0 Å². The molecule has 2 saturated carbocycles. The second kappa shape index (κ2) is 4.32. The summed E-state index contributed by atoms with van der Waals surface area (Å²) in [6.45, 7) is 0.765. The number of benzene rings is 1. The molecule has 0 amide bonds. The van der Waals surface area contributed by atoms with Crippen LogP contribution in [0, 0.1) is 0 Å². The van der Waals surface area contributed by atoms with E-state index in [1.54, 1.807) is 0 Å². The summed E-state index contributed by atoms with van der Waals surface area (Å²) in [5, 5.41) is 0. The maximum absolute atomic E-state index is 6.11. The molecule has 106 valence electrons.